The van der Waals surface area contributed by atoms with Crippen LogP contribution in [0.3, 0.4) is 0 Å². The maximum atomic E-state index is 12.1. The van der Waals surface area contributed by atoms with Gasteiger partial charge in [-0.15, -0.1) is 0 Å². The van der Waals surface area contributed by atoms with E-state index in [1.807, 2.05) is 13.0 Å². The molecule has 0 fully saturated rings. The van der Waals surface area contributed by atoms with Crippen LogP contribution in [0.5, 0.6) is 0 Å². The largest absolute Gasteiger partial charge is 0.478 e. The molecule has 0 saturated carbocycles. The first kappa shape index (κ1) is 14.1. The fourth-order valence-corrected chi connectivity index (χ4v) is 1.95. The highest BCUT2D eigenvalue weighted by atomic mass is 35.5. The summed E-state index contributed by atoms with van der Waals surface area (Å²) in [5, 5.41) is 11.8. The van der Waals surface area contributed by atoms with E-state index in [0.717, 1.165) is 5.69 Å². The molecule has 0 aliphatic heterocycles. The number of halogens is 1. The quantitative estimate of drug-likeness (QED) is 0.913. The molecular formula is C14H13ClN2O3. The monoisotopic (exact) mass is 292 g/mol. The van der Waals surface area contributed by atoms with Gasteiger partial charge in [0, 0.05) is 12.7 Å². The lowest BCUT2D eigenvalue weighted by atomic mass is 10.2. The number of rotatable bonds is 3. The Labute approximate surface area is 120 Å². The molecule has 104 valence electrons. The summed E-state index contributed by atoms with van der Waals surface area (Å²) in [6.45, 7) is 1.88. The predicted octanol–water partition coefficient (Wildman–Crippen LogP) is 2.94. The van der Waals surface area contributed by atoms with Gasteiger partial charge in [0.2, 0.25) is 0 Å². The second-order valence-corrected chi connectivity index (χ2v) is 4.78. The van der Waals surface area contributed by atoms with Crippen LogP contribution in [0.15, 0.2) is 30.3 Å². The number of nitrogens with zero attached hydrogens (tertiary/aromatic N) is 1. The van der Waals surface area contributed by atoms with E-state index in [9.17, 15) is 9.59 Å². The van der Waals surface area contributed by atoms with Gasteiger partial charge in [-0.2, -0.15) is 0 Å². The molecule has 6 heteroatoms. The van der Waals surface area contributed by atoms with Crippen LogP contribution in [-0.2, 0) is 7.05 Å². The summed E-state index contributed by atoms with van der Waals surface area (Å²) in [5.74, 6) is -1.42. The highest BCUT2D eigenvalue weighted by molar-refractivity contribution is 6.34. The summed E-state index contributed by atoms with van der Waals surface area (Å²) in [4.78, 5) is 23.1. The predicted molar refractivity (Wildman–Crippen MR) is 76.5 cm³/mol. The van der Waals surface area contributed by atoms with Crippen LogP contribution in [0.2, 0.25) is 5.02 Å². The average molecular weight is 293 g/mol. The summed E-state index contributed by atoms with van der Waals surface area (Å²) in [5.41, 5.74) is 1.75. The molecule has 0 atom stereocenters. The fraction of sp³-hybridized carbons (Fsp3) is 0.143. The molecule has 0 unspecified atom stereocenters. The Morgan fingerprint density at radius 2 is 1.95 bits per heavy atom. The van der Waals surface area contributed by atoms with Gasteiger partial charge in [0.1, 0.15) is 5.69 Å². The molecule has 1 aromatic carbocycles. The van der Waals surface area contributed by atoms with Gasteiger partial charge in [-0.05, 0) is 37.3 Å². The van der Waals surface area contributed by atoms with Crippen molar-refractivity contribution in [3.8, 4) is 0 Å². The summed E-state index contributed by atoms with van der Waals surface area (Å²) >= 11 is 5.96. The first-order chi connectivity index (χ1) is 9.40. The van der Waals surface area contributed by atoms with E-state index in [1.54, 1.807) is 17.7 Å². The van der Waals surface area contributed by atoms with Gasteiger partial charge in [0.15, 0.2) is 0 Å². The molecule has 1 aromatic heterocycles. The Balaban J connectivity index is 2.30. The lowest BCUT2D eigenvalue weighted by molar-refractivity contribution is 0.0696. The van der Waals surface area contributed by atoms with Crippen LogP contribution in [0.25, 0.3) is 0 Å². The maximum Gasteiger partial charge on any atom is 0.335 e. The Morgan fingerprint density at radius 1 is 1.25 bits per heavy atom. The van der Waals surface area contributed by atoms with Crippen molar-refractivity contribution in [2.45, 2.75) is 6.92 Å². The minimum atomic E-state index is -1.08. The van der Waals surface area contributed by atoms with Gasteiger partial charge in [-0.25, -0.2) is 4.79 Å². The zero-order valence-electron chi connectivity index (χ0n) is 11.0. The zero-order valence-corrected chi connectivity index (χ0v) is 11.7. The SMILES string of the molecule is Cc1ccc(C(=O)Nc2cc(C(=O)O)ccc2Cl)n1C. The number of carboxylic acid groups (broad SMARTS) is 1. The molecule has 5 nitrogen and oxygen atoms in total. The van der Waals surface area contributed by atoms with Crippen molar-refractivity contribution in [1.29, 1.82) is 0 Å². The number of carbonyl (C=O) groups is 2. The van der Waals surface area contributed by atoms with E-state index in [0.29, 0.717) is 5.69 Å². The molecule has 2 N–H and O–H groups in total. The Bertz CT molecular complexity index is 692. The number of aryl methyl sites for hydroxylation is 1. The van der Waals surface area contributed by atoms with E-state index in [4.69, 9.17) is 16.7 Å². The van der Waals surface area contributed by atoms with E-state index >= 15 is 0 Å². The Hall–Kier alpha value is -2.27. The summed E-state index contributed by atoms with van der Waals surface area (Å²) in [7, 11) is 1.78. The Morgan fingerprint density at radius 3 is 2.50 bits per heavy atom. The number of anilines is 1. The molecule has 1 heterocycles. The third kappa shape index (κ3) is 2.67. The molecule has 0 aliphatic rings. The lowest BCUT2D eigenvalue weighted by Crippen LogP contribution is -2.16. The molecule has 0 saturated heterocycles. The first-order valence-corrected chi connectivity index (χ1v) is 6.24. The molecule has 2 rings (SSSR count). The lowest BCUT2D eigenvalue weighted by Gasteiger charge is -2.09. The van der Waals surface area contributed by atoms with Crippen LogP contribution in [-0.4, -0.2) is 21.6 Å². The highest BCUT2D eigenvalue weighted by Gasteiger charge is 2.14. The van der Waals surface area contributed by atoms with Crippen LogP contribution in [0, 0.1) is 6.92 Å². The first-order valence-electron chi connectivity index (χ1n) is 5.86. The smallest absolute Gasteiger partial charge is 0.335 e. The second kappa shape index (κ2) is 5.38. The molecule has 20 heavy (non-hydrogen) atoms. The van der Waals surface area contributed by atoms with Gasteiger partial charge in [-0.1, -0.05) is 11.6 Å². The summed E-state index contributed by atoms with van der Waals surface area (Å²) < 4.78 is 1.74. The number of hydrogen-bond acceptors (Lipinski definition) is 2. The van der Waals surface area contributed by atoms with Gasteiger partial charge in [-0.3, -0.25) is 4.79 Å². The fourth-order valence-electron chi connectivity index (χ4n) is 1.78. The normalized spacial score (nSPS) is 10.3. The van der Waals surface area contributed by atoms with Crippen molar-refractivity contribution in [3.05, 3.63) is 52.3 Å². The number of hydrogen-bond donors (Lipinski definition) is 2. The third-order valence-electron chi connectivity index (χ3n) is 3.07. The standard InChI is InChI=1S/C14H13ClN2O3/c1-8-3-6-12(17(8)2)13(18)16-11-7-9(14(19)20)4-5-10(11)15/h3-7H,1-2H3,(H,16,18)(H,19,20). The van der Waals surface area contributed by atoms with Crippen LogP contribution in [0.4, 0.5) is 5.69 Å². The van der Waals surface area contributed by atoms with E-state index in [2.05, 4.69) is 5.32 Å². The Kier molecular flexibility index (Phi) is 3.81. The van der Waals surface area contributed by atoms with E-state index in [1.165, 1.54) is 18.2 Å². The van der Waals surface area contributed by atoms with Crippen molar-refractivity contribution in [2.24, 2.45) is 7.05 Å². The molecule has 0 bridgehead atoms. The van der Waals surface area contributed by atoms with Crippen molar-refractivity contribution in [2.75, 3.05) is 5.32 Å². The number of aromatic nitrogens is 1. The van der Waals surface area contributed by atoms with Crippen molar-refractivity contribution < 1.29 is 14.7 Å². The number of benzene rings is 1. The molecule has 0 aliphatic carbocycles. The van der Waals surface area contributed by atoms with Crippen molar-refractivity contribution in [3.63, 3.8) is 0 Å². The van der Waals surface area contributed by atoms with Gasteiger partial charge < -0.3 is 15.0 Å². The topological polar surface area (TPSA) is 71.3 Å². The van der Waals surface area contributed by atoms with Crippen molar-refractivity contribution >= 4 is 29.2 Å². The van der Waals surface area contributed by atoms with Crippen LogP contribution >= 0.6 is 11.6 Å². The number of nitrogens with one attached hydrogen (secondary N) is 1. The second-order valence-electron chi connectivity index (χ2n) is 4.37. The average Bonchev–Trinajstić information content (AvgIpc) is 2.72. The van der Waals surface area contributed by atoms with Crippen LogP contribution < -0.4 is 5.32 Å². The molecule has 1 amide bonds. The summed E-state index contributed by atoms with van der Waals surface area (Å²) in [6.07, 6.45) is 0. The van der Waals surface area contributed by atoms with Gasteiger partial charge in [0.25, 0.3) is 5.91 Å². The minimum absolute atomic E-state index is 0.0627. The third-order valence-corrected chi connectivity index (χ3v) is 3.40. The number of carboxylic acids is 1. The van der Waals surface area contributed by atoms with Gasteiger partial charge >= 0.3 is 5.97 Å². The summed E-state index contributed by atoms with van der Waals surface area (Å²) in [6, 6.07) is 7.67. The minimum Gasteiger partial charge on any atom is -0.478 e. The molecule has 0 spiro atoms. The maximum absolute atomic E-state index is 12.1. The van der Waals surface area contributed by atoms with Crippen LogP contribution in [0.1, 0.15) is 26.5 Å². The number of carbonyl (C=O) groups excluding carboxylic acids is 1. The zero-order chi connectivity index (χ0) is 14.9. The van der Waals surface area contributed by atoms with E-state index < -0.39 is 5.97 Å². The molecular weight excluding hydrogens is 280 g/mol. The van der Waals surface area contributed by atoms with Crippen molar-refractivity contribution in [1.82, 2.24) is 4.57 Å². The van der Waals surface area contributed by atoms with Gasteiger partial charge in [0.05, 0.1) is 16.3 Å². The van der Waals surface area contributed by atoms with E-state index in [-0.39, 0.29) is 22.2 Å². The molecule has 2 aromatic rings. The number of amides is 1. The highest BCUT2D eigenvalue weighted by Crippen LogP contribution is 2.24. The molecule has 0 radical (unpaired) electrons. The number of aromatic carboxylic acids is 1.